The van der Waals surface area contributed by atoms with Crippen LogP contribution in [0.3, 0.4) is 0 Å². The van der Waals surface area contributed by atoms with Crippen LogP contribution in [0, 0.1) is 0 Å². The highest BCUT2D eigenvalue weighted by molar-refractivity contribution is 5.91. The van der Waals surface area contributed by atoms with E-state index in [1.54, 1.807) is 12.1 Å². The van der Waals surface area contributed by atoms with Gasteiger partial charge in [0.15, 0.2) is 5.76 Å². The van der Waals surface area contributed by atoms with Crippen LogP contribution in [0.4, 0.5) is 0 Å². The summed E-state index contributed by atoms with van der Waals surface area (Å²) >= 11 is 0. The minimum Gasteiger partial charge on any atom is -0.459 e. The van der Waals surface area contributed by atoms with Crippen molar-refractivity contribution in [1.82, 2.24) is 10.2 Å². The second-order valence-corrected chi connectivity index (χ2v) is 4.61. The number of benzene rings is 1. The zero-order valence-corrected chi connectivity index (χ0v) is 10.6. The molecule has 0 aliphatic carbocycles. The third kappa shape index (κ3) is 2.39. The van der Waals surface area contributed by atoms with Gasteiger partial charge in [0.05, 0.1) is 12.3 Å². The summed E-state index contributed by atoms with van der Waals surface area (Å²) in [5.74, 6) is 0.364. The maximum atomic E-state index is 12.4. The number of nitrogens with one attached hydrogen (secondary N) is 1. The average molecular weight is 256 g/mol. The van der Waals surface area contributed by atoms with E-state index in [1.807, 2.05) is 23.1 Å². The molecule has 1 aromatic carbocycles. The lowest BCUT2D eigenvalue weighted by atomic mass is 10.0. The summed E-state index contributed by atoms with van der Waals surface area (Å²) in [7, 11) is 0. The van der Waals surface area contributed by atoms with Crippen LogP contribution in [0.1, 0.15) is 22.2 Å². The van der Waals surface area contributed by atoms with Gasteiger partial charge in [0, 0.05) is 19.6 Å². The van der Waals surface area contributed by atoms with Gasteiger partial charge >= 0.3 is 0 Å². The molecule has 19 heavy (non-hydrogen) atoms. The largest absolute Gasteiger partial charge is 0.459 e. The van der Waals surface area contributed by atoms with Crippen molar-refractivity contribution in [3.05, 3.63) is 60.1 Å². The monoisotopic (exact) mass is 256 g/mol. The molecule has 0 bridgehead atoms. The Morgan fingerprint density at radius 3 is 2.79 bits per heavy atom. The van der Waals surface area contributed by atoms with Gasteiger partial charge in [-0.15, -0.1) is 0 Å². The Morgan fingerprint density at radius 1 is 1.21 bits per heavy atom. The number of nitrogens with zero attached hydrogens (tertiary/aromatic N) is 1. The van der Waals surface area contributed by atoms with Crippen LogP contribution in [0.15, 0.2) is 53.1 Å². The number of furan rings is 1. The van der Waals surface area contributed by atoms with Crippen LogP contribution in [0.5, 0.6) is 0 Å². The molecule has 1 aliphatic rings. The first kappa shape index (κ1) is 12.0. The van der Waals surface area contributed by atoms with Gasteiger partial charge in [0.2, 0.25) is 0 Å². The maximum Gasteiger partial charge on any atom is 0.290 e. The fourth-order valence-corrected chi connectivity index (χ4v) is 2.46. The van der Waals surface area contributed by atoms with Crippen LogP contribution in [0.2, 0.25) is 0 Å². The van der Waals surface area contributed by atoms with Crippen molar-refractivity contribution in [2.75, 3.05) is 19.6 Å². The van der Waals surface area contributed by atoms with E-state index in [9.17, 15) is 4.79 Å². The second-order valence-electron chi connectivity index (χ2n) is 4.61. The van der Waals surface area contributed by atoms with Gasteiger partial charge in [-0.2, -0.15) is 0 Å². The van der Waals surface area contributed by atoms with Crippen molar-refractivity contribution in [3.8, 4) is 0 Å². The Morgan fingerprint density at radius 2 is 2.05 bits per heavy atom. The van der Waals surface area contributed by atoms with E-state index in [0.717, 1.165) is 18.7 Å². The first-order valence-electron chi connectivity index (χ1n) is 6.46. The molecule has 1 atom stereocenters. The number of carbonyl (C=O) groups excluding carboxylic acids is 1. The molecule has 0 saturated carbocycles. The first-order valence-corrected chi connectivity index (χ1v) is 6.46. The molecule has 1 saturated heterocycles. The van der Waals surface area contributed by atoms with Gasteiger partial charge in [-0.1, -0.05) is 30.3 Å². The van der Waals surface area contributed by atoms with Gasteiger partial charge < -0.3 is 14.6 Å². The molecule has 1 N–H and O–H groups in total. The lowest BCUT2D eigenvalue weighted by Crippen LogP contribution is -2.48. The molecule has 4 nitrogen and oxygen atoms in total. The minimum absolute atomic E-state index is 0.0413. The van der Waals surface area contributed by atoms with Crippen molar-refractivity contribution < 1.29 is 9.21 Å². The molecular weight excluding hydrogens is 240 g/mol. The molecule has 2 heterocycles. The summed E-state index contributed by atoms with van der Waals surface area (Å²) in [6.07, 6.45) is 1.53. The molecule has 1 fully saturated rings. The number of carbonyl (C=O) groups is 1. The van der Waals surface area contributed by atoms with Gasteiger partial charge in [0.25, 0.3) is 5.91 Å². The van der Waals surface area contributed by atoms with Crippen LogP contribution in [-0.2, 0) is 0 Å². The number of amides is 1. The van der Waals surface area contributed by atoms with Gasteiger partial charge in [0.1, 0.15) is 0 Å². The minimum atomic E-state index is -0.0413. The Kier molecular flexibility index (Phi) is 3.33. The summed E-state index contributed by atoms with van der Waals surface area (Å²) in [5, 5.41) is 3.34. The smallest absolute Gasteiger partial charge is 0.290 e. The fourth-order valence-electron chi connectivity index (χ4n) is 2.46. The topological polar surface area (TPSA) is 45.5 Å². The molecule has 3 rings (SSSR count). The summed E-state index contributed by atoms with van der Waals surface area (Å²) in [6, 6.07) is 13.6. The highest BCUT2D eigenvalue weighted by Gasteiger charge is 2.29. The zero-order chi connectivity index (χ0) is 13.1. The number of piperazine rings is 1. The first-order chi connectivity index (χ1) is 9.36. The molecule has 4 heteroatoms. The van der Waals surface area contributed by atoms with Crippen molar-refractivity contribution in [1.29, 1.82) is 0 Å². The summed E-state index contributed by atoms with van der Waals surface area (Å²) in [4.78, 5) is 14.3. The maximum absolute atomic E-state index is 12.4. The molecule has 0 radical (unpaired) electrons. The van der Waals surface area contributed by atoms with Crippen LogP contribution in [-0.4, -0.2) is 30.4 Å². The number of hydrogen-bond acceptors (Lipinski definition) is 3. The third-order valence-electron chi connectivity index (χ3n) is 3.42. The quantitative estimate of drug-likeness (QED) is 0.894. The Hall–Kier alpha value is -2.07. The highest BCUT2D eigenvalue weighted by atomic mass is 16.3. The van der Waals surface area contributed by atoms with E-state index in [-0.39, 0.29) is 11.9 Å². The average Bonchev–Trinajstić information content (AvgIpc) is 3.02. The standard InChI is InChI=1S/C15H16N2O2/c18-15(14-7-4-10-19-14)17-9-8-16-11-13(17)12-5-2-1-3-6-12/h1-7,10,13,16H,8-9,11H2. The normalized spacial score (nSPS) is 19.4. The molecule has 98 valence electrons. The third-order valence-corrected chi connectivity index (χ3v) is 3.42. The lowest BCUT2D eigenvalue weighted by Gasteiger charge is -2.36. The van der Waals surface area contributed by atoms with E-state index in [0.29, 0.717) is 12.3 Å². The lowest BCUT2D eigenvalue weighted by molar-refractivity contribution is 0.0601. The summed E-state index contributed by atoms with van der Waals surface area (Å²) < 4.78 is 5.22. The fraction of sp³-hybridized carbons (Fsp3) is 0.267. The molecule has 1 aromatic heterocycles. The number of rotatable bonds is 2. The molecular formula is C15H16N2O2. The molecule has 1 aliphatic heterocycles. The van der Waals surface area contributed by atoms with Gasteiger partial charge in [-0.3, -0.25) is 4.79 Å². The Balaban J connectivity index is 1.87. The predicted molar refractivity (Wildman–Crippen MR) is 71.8 cm³/mol. The van der Waals surface area contributed by atoms with Crippen LogP contribution >= 0.6 is 0 Å². The van der Waals surface area contributed by atoms with E-state index in [4.69, 9.17) is 4.42 Å². The van der Waals surface area contributed by atoms with Gasteiger partial charge in [-0.25, -0.2) is 0 Å². The highest BCUT2D eigenvalue weighted by Crippen LogP contribution is 2.24. The van der Waals surface area contributed by atoms with Gasteiger partial charge in [-0.05, 0) is 17.7 Å². The predicted octanol–water partition coefficient (Wildman–Crippen LogP) is 2.07. The molecule has 1 unspecified atom stereocenters. The van der Waals surface area contributed by atoms with Crippen molar-refractivity contribution in [2.24, 2.45) is 0 Å². The summed E-state index contributed by atoms with van der Waals surface area (Å²) in [5.41, 5.74) is 1.15. The van der Waals surface area contributed by atoms with Crippen molar-refractivity contribution in [3.63, 3.8) is 0 Å². The summed E-state index contributed by atoms with van der Waals surface area (Å²) in [6.45, 7) is 2.28. The molecule has 2 aromatic rings. The van der Waals surface area contributed by atoms with Crippen LogP contribution < -0.4 is 5.32 Å². The molecule has 1 amide bonds. The Bertz CT molecular complexity index is 537. The Labute approximate surface area is 112 Å². The molecule has 0 spiro atoms. The van der Waals surface area contributed by atoms with Crippen molar-refractivity contribution >= 4 is 5.91 Å². The second kappa shape index (κ2) is 5.28. The SMILES string of the molecule is O=C(c1ccco1)N1CCNCC1c1ccccc1. The van der Waals surface area contributed by atoms with Crippen LogP contribution in [0.25, 0.3) is 0 Å². The van der Waals surface area contributed by atoms with E-state index in [1.165, 1.54) is 6.26 Å². The van der Waals surface area contributed by atoms with E-state index >= 15 is 0 Å². The number of hydrogen-bond donors (Lipinski definition) is 1. The van der Waals surface area contributed by atoms with Crippen molar-refractivity contribution in [2.45, 2.75) is 6.04 Å². The zero-order valence-electron chi connectivity index (χ0n) is 10.6. The van der Waals surface area contributed by atoms with E-state index in [2.05, 4.69) is 17.4 Å². The van der Waals surface area contributed by atoms with E-state index < -0.39 is 0 Å².